The van der Waals surface area contributed by atoms with Crippen molar-refractivity contribution in [3.8, 4) is 0 Å². The van der Waals surface area contributed by atoms with Crippen LogP contribution in [0.25, 0.3) is 10.9 Å². The van der Waals surface area contributed by atoms with Crippen LogP contribution in [0.2, 0.25) is 0 Å². The molecule has 5 nitrogen and oxygen atoms in total. The van der Waals surface area contributed by atoms with Crippen LogP contribution >= 0.6 is 0 Å². The van der Waals surface area contributed by atoms with Gasteiger partial charge in [-0.2, -0.15) is 13.2 Å². The quantitative estimate of drug-likeness (QED) is 0.775. The highest BCUT2D eigenvalue weighted by molar-refractivity contribution is 5.97. The number of alkyl halides is 3. The largest absolute Gasteiger partial charge is 0.433 e. The van der Waals surface area contributed by atoms with Crippen LogP contribution in [0.3, 0.4) is 0 Å². The van der Waals surface area contributed by atoms with Crippen molar-refractivity contribution in [1.29, 1.82) is 0 Å². The van der Waals surface area contributed by atoms with Crippen molar-refractivity contribution in [1.82, 2.24) is 20.3 Å². The Bertz CT molecular complexity index is 957. The van der Waals surface area contributed by atoms with Gasteiger partial charge in [0.1, 0.15) is 11.5 Å². The summed E-state index contributed by atoms with van der Waals surface area (Å²) in [4.78, 5) is 23.9. The first-order valence-electron chi connectivity index (χ1n) is 7.88. The van der Waals surface area contributed by atoms with E-state index in [1.807, 2.05) is 6.07 Å². The van der Waals surface area contributed by atoms with Gasteiger partial charge in [0.15, 0.2) is 0 Å². The van der Waals surface area contributed by atoms with Crippen LogP contribution in [-0.4, -0.2) is 27.4 Å². The maximum Gasteiger partial charge on any atom is 0.433 e. The summed E-state index contributed by atoms with van der Waals surface area (Å²) in [6, 6.07) is 9.61. The molecular formula is C18H15F3N4O. The van der Waals surface area contributed by atoms with Crippen molar-refractivity contribution in [3.63, 3.8) is 0 Å². The topological polar surface area (TPSA) is 67.8 Å². The van der Waals surface area contributed by atoms with Gasteiger partial charge >= 0.3 is 6.18 Å². The van der Waals surface area contributed by atoms with E-state index in [9.17, 15) is 18.0 Å². The number of nitrogens with zero attached hydrogens (tertiary/aromatic N) is 3. The van der Waals surface area contributed by atoms with E-state index in [0.29, 0.717) is 5.56 Å². The van der Waals surface area contributed by atoms with E-state index in [2.05, 4.69) is 20.3 Å². The van der Waals surface area contributed by atoms with Gasteiger partial charge in [-0.3, -0.25) is 9.78 Å². The fourth-order valence-corrected chi connectivity index (χ4v) is 2.49. The number of hydrogen-bond donors (Lipinski definition) is 1. The van der Waals surface area contributed by atoms with Crippen molar-refractivity contribution in [3.05, 3.63) is 65.4 Å². The molecule has 0 atom stereocenters. The summed E-state index contributed by atoms with van der Waals surface area (Å²) in [6.07, 6.45) is -2.75. The Morgan fingerprint density at radius 2 is 1.96 bits per heavy atom. The van der Waals surface area contributed by atoms with Gasteiger partial charge in [0.2, 0.25) is 0 Å². The second kappa shape index (κ2) is 7.07. The summed E-state index contributed by atoms with van der Waals surface area (Å²) in [5.74, 6) is -0.278. The monoisotopic (exact) mass is 360 g/mol. The van der Waals surface area contributed by atoms with Gasteiger partial charge in [-0.05, 0) is 37.3 Å². The Morgan fingerprint density at radius 3 is 2.73 bits per heavy atom. The fourth-order valence-electron chi connectivity index (χ4n) is 2.49. The number of fused-ring (bicyclic) bond motifs is 1. The lowest BCUT2D eigenvalue weighted by Crippen LogP contribution is -2.26. The van der Waals surface area contributed by atoms with Crippen molar-refractivity contribution >= 4 is 16.8 Å². The molecule has 2 aromatic heterocycles. The van der Waals surface area contributed by atoms with Gasteiger partial charge in [0, 0.05) is 35.8 Å². The number of benzene rings is 1. The third kappa shape index (κ3) is 4.14. The second-order valence-corrected chi connectivity index (χ2v) is 5.73. The molecule has 0 fully saturated rings. The summed E-state index contributed by atoms with van der Waals surface area (Å²) in [7, 11) is 0. The molecule has 0 aliphatic heterocycles. The van der Waals surface area contributed by atoms with Crippen molar-refractivity contribution in [2.24, 2.45) is 0 Å². The van der Waals surface area contributed by atoms with E-state index in [4.69, 9.17) is 0 Å². The standard InChI is InChI=1S/C18H15F3N4O/c1-11-9-15(18(19,20)21)25-16(24-11)6-8-23-17(26)13-4-5-14-12(10-13)3-2-7-22-14/h2-5,7,9-10H,6,8H2,1H3,(H,23,26). The molecule has 0 aliphatic carbocycles. The summed E-state index contributed by atoms with van der Waals surface area (Å²) in [5.41, 5.74) is 0.479. The van der Waals surface area contributed by atoms with E-state index < -0.39 is 11.9 Å². The minimum Gasteiger partial charge on any atom is -0.352 e. The molecule has 0 aliphatic rings. The van der Waals surface area contributed by atoms with Crippen molar-refractivity contribution in [2.75, 3.05) is 6.54 Å². The number of carbonyl (C=O) groups excluding carboxylic acids is 1. The van der Waals surface area contributed by atoms with Crippen LogP contribution in [0, 0.1) is 6.92 Å². The minimum absolute atomic E-state index is 0.0420. The molecular weight excluding hydrogens is 345 g/mol. The molecule has 8 heteroatoms. The maximum absolute atomic E-state index is 12.8. The molecule has 1 amide bonds. The number of pyridine rings is 1. The number of amides is 1. The van der Waals surface area contributed by atoms with Crippen molar-refractivity contribution < 1.29 is 18.0 Å². The molecule has 1 aromatic carbocycles. The van der Waals surface area contributed by atoms with Crippen molar-refractivity contribution in [2.45, 2.75) is 19.5 Å². The van der Waals surface area contributed by atoms with E-state index in [-0.39, 0.29) is 30.4 Å². The van der Waals surface area contributed by atoms with Gasteiger partial charge in [0.05, 0.1) is 5.52 Å². The number of hydrogen-bond acceptors (Lipinski definition) is 4. The lowest BCUT2D eigenvalue weighted by molar-refractivity contribution is -0.141. The molecule has 0 saturated heterocycles. The molecule has 3 rings (SSSR count). The van der Waals surface area contributed by atoms with Gasteiger partial charge in [-0.15, -0.1) is 0 Å². The van der Waals surface area contributed by atoms with E-state index in [1.54, 1.807) is 30.5 Å². The summed E-state index contributed by atoms with van der Waals surface area (Å²) in [6.45, 7) is 1.60. The average molecular weight is 360 g/mol. The van der Waals surface area contributed by atoms with E-state index >= 15 is 0 Å². The lowest BCUT2D eigenvalue weighted by Gasteiger charge is -2.09. The average Bonchev–Trinajstić information content (AvgIpc) is 2.60. The first-order chi connectivity index (χ1) is 12.3. The molecule has 0 radical (unpaired) electrons. The predicted octanol–water partition coefficient (Wildman–Crippen LogP) is 3.32. The van der Waals surface area contributed by atoms with Gasteiger partial charge in [-0.25, -0.2) is 9.97 Å². The molecule has 134 valence electrons. The Balaban J connectivity index is 1.65. The van der Waals surface area contributed by atoms with Gasteiger partial charge in [0.25, 0.3) is 5.91 Å². The van der Waals surface area contributed by atoms with E-state index in [1.165, 1.54) is 6.92 Å². The number of rotatable bonds is 4. The Morgan fingerprint density at radius 1 is 1.15 bits per heavy atom. The molecule has 0 saturated carbocycles. The van der Waals surface area contributed by atoms with Crippen LogP contribution in [0.1, 0.15) is 27.6 Å². The number of aryl methyl sites for hydroxylation is 1. The smallest absolute Gasteiger partial charge is 0.352 e. The first-order valence-corrected chi connectivity index (χ1v) is 7.88. The Kier molecular flexibility index (Phi) is 4.83. The van der Waals surface area contributed by atoms with Gasteiger partial charge in [-0.1, -0.05) is 6.07 Å². The number of carbonyl (C=O) groups is 1. The summed E-state index contributed by atoms with van der Waals surface area (Å²) >= 11 is 0. The maximum atomic E-state index is 12.8. The van der Waals surface area contributed by atoms with Crippen LogP contribution in [0.4, 0.5) is 13.2 Å². The number of halogens is 3. The Labute approximate surface area is 147 Å². The second-order valence-electron chi connectivity index (χ2n) is 5.73. The highest BCUT2D eigenvalue weighted by Crippen LogP contribution is 2.27. The predicted molar refractivity (Wildman–Crippen MR) is 89.6 cm³/mol. The minimum atomic E-state index is -4.52. The molecule has 0 spiro atoms. The zero-order chi connectivity index (χ0) is 18.7. The molecule has 0 unspecified atom stereocenters. The van der Waals surface area contributed by atoms with Gasteiger partial charge < -0.3 is 5.32 Å². The SMILES string of the molecule is Cc1cc(C(F)(F)F)nc(CCNC(=O)c2ccc3ncccc3c2)n1. The number of nitrogens with one attached hydrogen (secondary N) is 1. The zero-order valence-electron chi connectivity index (χ0n) is 13.8. The molecule has 1 N–H and O–H groups in total. The molecule has 3 aromatic rings. The molecule has 26 heavy (non-hydrogen) atoms. The fraction of sp³-hybridized carbons (Fsp3) is 0.222. The summed E-state index contributed by atoms with van der Waals surface area (Å²) in [5, 5.41) is 3.50. The highest BCUT2D eigenvalue weighted by Gasteiger charge is 2.33. The van der Waals surface area contributed by atoms with Crippen LogP contribution in [0.5, 0.6) is 0 Å². The summed E-state index contributed by atoms with van der Waals surface area (Å²) < 4.78 is 38.3. The third-order valence-corrected chi connectivity index (χ3v) is 3.69. The van der Waals surface area contributed by atoms with E-state index in [0.717, 1.165) is 17.0 Å². The van der Waals surface area contributed by atoms with Crippen LogP contribution in [0.15, 0.2) is 42.6 Å². The third-order valence-electron chi connectivity index (χ3n) is 3.69. The lowest BCUT2D eigenvalue weighted by atomic mass is 10.1. The molecule has 0 bridgehead atoms. The first kappa shape index (κ1) is 17.8. The van der Waals surface area contributed by atoms with Crippen LogP contribution < -0.4 is 5.32 Å². The normalized spacial score (nSPS) is 11.5. The number of aromatic nitrogens is 3. The zero-order valence-corrected chi connectivity index (χ0v) is 13.8. The Hall–Kier alpha value is -3.03. The highest BCUT2D eigenvalue weighted by atomic mass is 19.4. The van der Waals surface area contributed by atoms with Crippen LogP contribution in [-0.2, 0) is 12.6 Å². The molecule has 2 heterocycles.